The number of rotatable bonds is 5. The average Bonchev–Trinajstić information content (AvgIpc) is 2.83. The molecule has 7 nitrogen and oxygen atoms in total. The molecule has 0 bridgehead atoms. The Balaban J connectivity index is 1.43. The predicted octanol–water partition coefficient (Wildman–Crippen LogP) is 4.85. The van der Waals surface area contributed by atoms with Gasteiger partial charge in [-0.3, -0.25) is 14.2 Å². The molecule has 1 aliphatic rings. The first-order valence-corrected chi connectivity index (χ1v) is 12.0. The van der Waals surface area contributed by atoms with Gasteiger partial charge in [-0.05, 0) is 49.4 Å². The van der Waals surface area contributed by atoms with Crippen molar-refractivity contribution in [2.75, 3.05) is 24.3 Å². The number of aromatic nitrogens is 2. The SMILES string of the molecule is Cc1ccc(-n2c(SCC(=O)Nc3ccc4c(c3)OCCO4)nc3cc(Cl)ccc3c2=O)cc1. The lowest BCUT2D eigenvalue weighted by Crippen LogP contribution is -2.23. The second-order valence-electron chi connectivity index (χ2n) is 7.73. The predicted molar refractivity (Wildman–Crippen MR) is 134 cm³/mol. The molecule has 2 heterocycles. The van der Waals surface area contributed by atoms with Gasteiger partial charge in [0.15, 0.2) is 16.7 Å². The minimum Gasteiger partial charge on any atom is -0.486 e. The summed E-state index contributed by atoms with van der Waals surface area (Å²) in [7, 11) is 0. The Labute approximate surface area is 204 Å². The summed E-state index contributed by atoms with van der Waals surface area (Å²) in [5.74, 6) is 1.06. The van der Waals surface area contributed by atoms with Crippen molar-refractivity contribution >= 4 is 45.9 Å². The summed E-state index contributed by atoms with van der Waals surface area (Å²) in [5.41, 5.74) is 2.61. The van der Waals surface area contributed by atoms with E-state index in [0.717, 1.165) is 5.56 Å². The molecule has 0 saturated carbocycles. The number of thioether (sulfide) groups is 1. The number of aryl methyl sites for hydroxylation is 1. The molecule has 0 fully saturated rings. The maximum Gasteiger partial charge on any atom is 0.266 e. The third-order valence-corrected chi connectivity index (χ3v) is 6.42. The van der Waals surface area contributed by atoms with Crippen LogP contribution in [0, 0.1) is 6.92 Å². The molecule has 0 spiro atoms. The minimum absolute atomic E-state index is 0.0544. The molecule has 3 aromatic carbocycles. The highest BCUT2D eigenvalue weighted by Gasteiger charge is 2.17. The number of anilines is 1. The zero-order chi connectivity index (χ0) is 23.7. The first-order valence-electron chi connectivity index (χ1n) is 10.6. The van der Waals surface area contributed by atoms with E-state index in [9.17, 15) is 9.59 Å². The third-order valence-electron chi connectivity index (χ3n) is 5.25. The van der Waals surface area contributed by atoms with Crippen LogP contribution in [-0.2, 0) is 4.79 Å². The van der Waals surface area contributed by atoms with Gasteiger partial charge in [-0.2, -0.15) is 0 Å². The smallest absolute Gasteiger partial charge is 0.266 e. The van der Waals surface area contributed by atoms with E-state index in [0.29, 0.717) is 57.2 Å². The van der Waals surface area contributed by atoms with Gasteiger partial charge in [0, 0.05) is 16.8 Å². The van der Waals surface area contributed by atoms with Crippen molar-refractivity contribution in [1.29, 1.82) is 0 Å². The fraction of sp³-hybridized carbons (Fsp3) is 0.160. The molecule has 0 atom stereocenters. The van der Waals surface area contributed by atoms with Gasteiger partial charge in [0.1, 0.15) is 13.2 Å². The lowest BCUT2D eigenvalue weighted by molar-refractivity contribution is -0.113. The van der Waals surface area contributed by atoms with Crippen LogP contribution >= 0.6 is 23.4 Å². The number of carbonyl (C=O) groups is 1. The molecule has 0 aliphatic carbocycles. The largest absolute Gasteiger partial charge is 0.486 e. The van der Waals surface area contributed by atoms with E-state index in [1.807, 2.05) is 31.2 Å². The van der Waals surface area contributed by atoms with E-state index in [-0.39, 0.29) is 17.2 Å². The summed E-state index contributed by atoms with van der Waals surface area (Å²) < 4.78 is 12.6. The van der Waals surface area contributed by atoms with Gasteiger partial charge in [0.2, 0.25) is 5.91 Å². The average molecular weight is 494 g/mol. The zero-order valence-corrected chi connectivity index (χ0v) is 19.8. The van der Waals surface area contributed by atoms with Crippen LogP contribution in [-0.4, -0.2) is 34.4 Å². The van der Waals surface area contributed by atoms with Crippen molar-refractivity contribution < 1.29 is 14.3 Å². The lowest BCUT2D eigenvalue weighted by atomic mass is 10.2. The van der Waals surface area contributed by atoms with Gasteiger partial charge in [-0.25, -0.2) is 4.98 Å². The Bertz CT molecular complexity index is 1450. The van der Waals surface area contributed by atoms with Crippen molar-refractivity contribution in [1.82, 2.24) is 9.55 Å². The normalized spacial score (nSPS) is 12.5. The Kier molecular flexibility index (Phi) is 6.17. The topological polar surface area (TPSA) is 82.5 Å². The number of carbonyl (C=O) groups excluding carboxylic acids is 1. The molecule has 9 heteroatoms. The van der Waals surface area contributed by atoms with Crippen molar-refractivity contribution in [2.24, 2.45) is 0 Å². The molecule has 34 heavy (non-hydrogen) atoms. The summed E-state index contributed by atoms with van der Waals surface area (Å²) >= 11 is 7.30. The first-order chi connectivity index (χ1) is 16.5. The molecule has 1 N–H and O–H groups in total. The number of hydrogen-bond acceptors (Lipinski definition) is 6. The van der Waals surface area contributed by atoms with Crippen LogP contribution < -0.4 is 20.3 Å². The number of halogens is 1. The van der Waals surface area contributed by atoms with Gasteiger partial charge >= 0.3 is 0 Å². The summed E-state index contributed by atoms with van der Waals surface area (Å²) in [6, 6.07) is 17.8. The Morgan fingerprint density at radius 2 is 1.82 bits per heavy atom. The van der Waals surface area contributed by atoms with E-state index < -0.39 is 0 Å². The fourth-order valence-corrected chi connectivity index (χ4v) is 4.58. The van der Waals surface area contributed by atoms with Crippen LogP contribution in [0.25, 0.3) is 16.6 Å². The van der Waals surface area contributed by atoms with Crippen molar-refractivity contribution in [3.63, 3.8) is 0 Å². The number of nitrogens with one attached hydrogen (secondary N) is 1. The number of hydrogen-bond donors (Lipinski definition) is 1. The molecule has 1 amide bonds. The van der Waals surface area contributed by atoms with E-state index in [1.165, 1.54) is 16.3 Å². The maximum absolute atomic E-state index is 13.4. The van der Waals surface area contributed by atoms with Crippen LogP contribution in [0.15, 0.2) is 70.6 Å². The van der Waals surface area contributed by atoms with Crippen molar-refractivity contribution in [3.05, 3.63) is 81.6 Å². The molecule has 0 saturated heterocycles. The van der Waals surface area contributed by atoms with Gasteiger partial charge < -0.3 is 14.8 Å². The second kappa shape index (κ2) is 9.40. The standard InChI is InChI=1S/C25H20ClN3O4S/c1-15-2-6-18(7-3-15)29-24(31)19-8-4-16(26)12-20(19)28-25(29)34-14-23(30)27-17-5-9-21-22(13-17)33-11-10-32-21/h2-9,12-13H,10-11,14H2,1H3,(H,27,30). The van der Waals surface area contributed by atoms with Crippen LogP contribution in [0.2, 0.25) is 5.02 Å². The molecule has 0 radical (unpaired) electrons. The molecule has 1 aliphatic heterocycles. The fourth-order valence-electron chi connectivity index (χ4n) is 3.61. The quantitative estimate of drug-likeness (QED) is 0.316. The number of ether oxygens (including phenoxy) is 2. The molecular weight excluding hydrogens is 474 g/mol. The first kappa shape index (κ1) is 22.3. The molecule has 5 rings (SSSR count). The van der Waals surface area contributed by atoms with Crippen LogP contribution in [0.4, 0.5) is 5.69 Å². The molecule has 0 unspecified atom stereocenters. The van der Waals surface area contributed by atoms with Crippen LogP contribution in [0.5, 0.6) is 11.5 Å². The number of nitrogens with zero attached hydrogens (tertiary/aromatic N) is 2. The van der Waals surface area contributed by atoms with E-state index in [1.54, 1.807) is 36.4 Å². The highest BCUT2D eigenvalue weighted by atomic mass is 35.5. The summed E-state index contributed by atoms with van der Waals surface area (Å²) in [4.78, 5) is 30.7. The minimum atomic E-state index is -0.238. The Hall–Kier alpha value is -3.49. The summed E-state index contributed by atoms with van der Waals surface area (Å²) in [6.07, 6.45) is 0. The zero-order valence-electron chi connectivity index (χ0n) is 18.2. The van der Waals surface area contributed by atoms with Crippen molar-refractivity contribution in [2.45, 2.75) is 12.1 Å². The van der Waals surface area contributed by atoms with Gasteiger partial charge in [0.05, 0.1) is 22.3 Å². The van der Waals surface area contributed by atoms with Crippen LogP contribution in [0.3, 0.4) is 0 Å². The highest BCUT2D eigenvalue weighted by molar-refractivity contribution is 7.99. The van der Waals surface area contributed by atoms with E-state index >= 15 is 0 Å². The van der Waals surface area contributed by atoms with Crippen molar-refractivity contribution in [3.8, 4) is 17.2 Å². The number of benzene rings is 3. The highest BCUT2D eigenvalue weighted by Crippen LogP contribution is 2.32. The van der Waals surface area contributed by atoms with E-state index in [4.69, 9.17) is 21.1 Å². The number of amides is 1. The van der Waals surface area contributed by atoms with Crippen LogP contribution in [0.1, 0.15) is 5.56 Å². The Morgan fingerprint density at radius 3 is 2.62 bits per heavy atom. The molecular formula is C25H20ClN3O4S. The number of fused-ring (bicyclic) bond motifs is 2. The molecule has 1 aromatic heterocycles. The van der Waals surface area contributed by atoms with Gasteiger partial charge in [-0.15, -0.1) is 0 Å². The molecule has 4 aromatic rings. The Morgan fingerprint density at radius 1 is 1.06 bits per heavy atom. The van der Waals surface area contributed by atoms with Gasteiger partial charge in [0.25, 0.3) is 5.56 Å². The second-order valence-corrected chi connectivity index (χ2v) is 9.11. The molecule has 172 valence electrons. The summed E-state index contributed by atoms with van der Waals surface area (Å²) in [5, 5.41) is 4.20. The van der Waals surface area contributed by atoms with E-state index in [2.05, 4.69) is 10.3 Å². The summed E-state index contributed by atoms with van der Waals surface area (Å²) in [6.45, 7) is 2.95. The van der Waals surface area contributed by atoms with Gasteiger partial charge in [-0.1, -0.05) is 41.1 Å². The monoisotopic (exact) mass is 493 g/mol. The maximum atomic E-state index is 13.4. The third kappa shape index (κ3) is 4.60. The lowest BCUT2D eigenvalue weighted by Gasteiger charge is -2.19.